The summed E-state index contributed by atoms with van der Waals surface area (Å²) in [6, 6.07) is 29.2. The third-order valence-electron chi connectivity index (χ3n) is 7.28. The highest BCUT2D eigenvalue weighted by molar-refractivity contribution is 6.09. The number of rotatable bonds is 7. The predicted molar refractivity (Wildman–Crippen MR) is 141 cm³/mol. The second-order valence-corrected chi connectivity index (χ2v) is 9.83. The molecule has 0 atom stereocenters. The molecule has 1 aliphatic heterocycles. The minimum Gasteiger partial charge on any atom is -0.331 e. The molecule has 35 heavy (non-hydrogen) atoms. The molecule has 3 aromatic carbocycles. The fourth-order valence-electron chi connectivity index (χ4n) is 5.33. The number of likely N-dealkylation sites (tertiary alicyclic amines) is 1. The van der Waals surface area contributed by atoms with E-state index in [-0.39, 0.29) is 5.91 Å². The van der Waals surface area contributed by atoms with Crippen LogP contribution in [0.25, 0.3) is 22.2 Å². The van der Waals surface area contributed by atoms with Gasteiger partial charge >= 0.3 is 0 Å². The van der Waals surface area contributed by atoms with E-state index >= 15 is 0 Å². The van der Waals surface area contributed by atoms with Crippen LogP contribution in [-0.4, -0.2) is 39.8 Å². The van der Waals surface area contributed by atoms with Crippen LogP contribution in [0, 0.1) is 0 Å². The van der Waals surface area contributed by atoms with E-state index in [1.54, 1.807) is 0 Å². The first-order chi connectivity index (χ1) is 17.3. The number of amides is 1. The Balaban J connectivity index is 1.53. The van der Waals surface area contributed by atoms with E-state index in [4.69, 9.17) is 4.98 Å². The van der Waals surface area contributed by atoms with Gasteiger partial charge in [-0.3, -0.25) is 9.69 Å². The molecule has 2 fully saturated rings. The zero-order chi connectivity index (χ0) is 23.6. The zero-order valence-electron chi connectivity index (χ0n) is 20.1. The molecule has 1 saturated heterocycles. The van der Waals surface area contributed by atoms with Gasteiger partial charge in [0.1, 0.15) is 0 Å². The Morgan fingerprint density at radius 3 is 2.23 bits per heavy atom. The van der Waals surface area contributed by atoms with E-state index in [9.17, 15) is 4.79 Å². The van der Waals surface area contributed by atoms with Crippen molar-refractivity contribution < 1.29 is 4.79 Å². The highest BCUT2D eigenvalue weighted by Crippen LogP contribution is 2.36. The van der Waals surface area contributed by atoms with Crippen molar-refractivity contribution in [3.8, 4) is 11.3 Å². The van der Waals surface area contributed by atoms with Crippen molar-refractivity contribution in [3.63, 3.8) is 0 Å². The summed E-state index contributed by atoms with van der Waals surface area (Å²) in [7, 11) is 0. The standard InChI is InChI=1S/C31H31N3O/c35-31(34(25-17-18-25)21-23-11-3-1-4-12-23)29-26-15-7-8-16-28(26)32-30(24-13-5-2-6-14-24)27(29)22-33-19-9-10-20-33/h1-8,11-16,25H,9-10,17-22H2. The van der Waals surface area contributed by atoms with Crippen LogP contribution in [0.1, 0.15) is 47.2 Å². The minimum atomic E-state index is 0.140. The van der Waals surface area contributed by atoms with Crippen molar-refractivity contribution >= 4 is 16.8 Å². The average Bonchev–Trinajstić information content (AvgIpc) is 3.62. The van der Waals surface area contributed by atoms with Gasteiger partial charge in [0.25, 0.3) is 5.91 Å². The molecule has 4 heteroatoms. The summed E-state index contributed by atoms with van der Waals surface area (Å²) >= 11 is 0. The Kier molecular flexibility index (Phi) is 6.05. The smallest absolute Gasteiger partial charge is 0.255 e. The van der Waals surface area contributed by atoms with Crippen molar-refractivity contribution in [2.45, 2.75) is 44.8 Å². The van der Waals surface area contributed by atoms with Gasteiger partial charge < -0.3 is 4.90 Å². The number of benzene rings is 3. The van der Waals surface area contributed by atoms with Crippen molar-refractivity contribution in [2.24, 2.45) is 0 Å². The number of aromatic nitrogens is 1. The number of para-hydroxylation sites is 1. The first-order valence-corrected chi connectivity index (χ1v) is 12.8. The van der Waals surface area contributed by atoms with Crippen molar-refractivity contribution in [2.75, 3.05) is 13.1 Å². The van der Waals surface area contributed by atoms with Crippen molar-refractivity contribution in [1.29, 1.82) is 0 Å². The summed E-state index contributed by atoms with van der Waals surface area (Å²) < 4.78 is 0. The van der Waals surface area contributed by atoms with Crippen molar-refractivity contribution in [1.82, 2.24) is 14.8 Å². The largest absolute Gasteiger partial charge is 0.331 e. The van der Waals surface area contributed by atoms with Gasteiger partial charge in [-0.2, -0.15) is 0 Å². The van der Waals surface area contributed by atoms with Gasteiger partial charge in [-0.15, -0.1) is 0 Å². The van der Waals surface area contributed by atoms with Gasteiger partial charge in [-0.05, 0) is 50.4 Å². The summed E-state index contributed by atoms with van der Waals surface area (Å²) in [6.45, 7) is 3.55. The maximum absolute atomic E-state index is 14.5. The molecule has 6 rings (SSSR count). The number of fused-ring (bicyclic) bond motifs is 1. The number of carbonyl (C=O) groups excluding carboxylic acids is 1. The molecule has 0 radical (unpaired) electrons. The quantitative estimate of drug-likeness (QED) is 0.324. The lowest BCUT2D eigenvalue weighted by molar-refractivity contribution is 0.0730. The summed E-state index contributed by atoms with van der Waals surface area (Å²) in [4.78, 5) is 24.2. The molecule has 176 valence electrons. The van der Waals surface area contributed by atoms with E-state index in [0.717, 1.165) is 65.8 Å². The number of hydrogen-bond donors (Lipinski definition) is 0. The molecular formula is C31H31N3O. The lowest BCUT2D eigenvalue weighted by Crippen LogP contribution is -2.34. The second-order valence-electron chi connectivity index (χ2n) is 9.83. The SMILES string of the molecule is O=C(c1c(CN2CCCC2)c(-c2ccccc2)nc2ccccc12)N(Cc1ccccc1)C1CC1. The molecule has 4 aromatic rings. The number of nitrogens with zero attached hydrogens (tertiary/aromatic N) is 3. The molecule has 0 unspecified atom stereocenters. The summed E-state index contributed by atoms with van der Waals surface area (Å²) in [5, 5.41) is 0.963. The molecule has 1 amide bonds. The third-order valence-corrected chi connectivity index (χ3v) is 7.28. The molecular weight excluding hydrogens is 430 g/mol. The Morgan fingerprint density at radius 2 is 1.51 bits per heavy atom. The maximum Gasteiger partial charge on any atom is 0.255 e. The van der Waals surface area contributed by atoms with E-state index in [0.29, 0.717) is 12.6 Å². The van der Waals surface area contributed by atoms with Gasteiger partial charge in [0, 0.05) is 35.6 Å². The van der Waals surface area contributed by atoms with Gasteiger partial charge in [0.2, 0.25) is 0 Å². The summed E-state index contributed by atoms with van der Waals surface area (Å²) in [5.41, 5.74) is 5.98. The average molecular weight is 462 g/mol. The van der Waals surface area contributed by atoms with E-state index in [2.05, 4.69) is 64.4 Å². The van der Waals surface area contributed by atoms with E-state index in [1.165, 1.54) is 18.4 Å². The Labute approximate surface area is 207 Å². The summed E-state index contributed by atoms with van der Waals surface area (Å²) in [5.74, 6) is 0.140. The molecule has 4 nitrogen and oxygen atoms in total. The maximum atomic E-state index is 14.5. The van der Waals surface area contributed by atoms with Gasteiger partial charge in [-0.1, -0.05) is 78.9 Å². The monoisotopic (exact) mass is 461 g/mol. The van der Waals surface area contributed by atoms with Crippen molar-refractivity contribution in [3.05, 3.63) is 102 Å². The van der Waals surface area contributed by atoms with E-state index < -0.39 is 0 Å². The lowest BCUT2D eigenvalue weighted by atomic mass is 9.95. The van der Waals surface area contributed by atoms with Gasteiger partial charge in [0.05, 0.1) is 16.8 Å². The van der Waals surface area contributed by atoms with Gasteiger partial charge in [-0.25, -0.2) is 4.98 Å². The molecule has 1 aromatic heterocycles. The van der Waals surface area contributed by atoms with Crippen LogP contribution in [0.5, 0.6) is 0 Å². The fraction of sp³-hybridized carbons (Fsp3) is 0.290. The Hall–Kier alpha value is -3.50. The molecule has 0 bridgehead atoms. The lowest BCUT2D eigenvalue weighted by Gasteiger charge is -2.27. The molecule has 2 heterocycles. The minimum absolute atomic E-state index is 0.140. The van der Waals surface area contributed by atoms with Crippen LogP contribution >= 0.6 is 0 Å². The number of carbonyl (C=O) groups is 1. The van der Waals surface area contributed by atoms with Crippen LogP contribution in [0.3, 0.4) is 0 Å². The third kappa shape index (κ3) is 4.59. The normalized spacial score (nSPS) is 16.0. The molecule has 0 spiro atoms. The first-order valence-electron chi connectivity index (χ1n) is 12.8. The Bertz CT molecular complexity index is 1330. The second kappa shape index (κ2) is 9.63. The van der Waals surface area contributed by atoms with Crippen LogP contribution in [-0.2, 0) is 13.1 Å². The highest BCUT2D eigenvalue weighted by Gasteiger charge is 2.35. The number of hydrogen-bond acceptors (Lipinski definition) is 3. The highest BCUT2D eigenvalue weighted by atomic mass is 16.2. The topological polar surface area (TPSA) is 36.4 Å². The van der Waals surface area contributed by atoms with Crippen LogP contribution in [0.4, 0.5) is 0 Å². The van der Waals surface area contributed by atoms with Crippen LogP contribution < -0.4 is 0 Å². The van der Waals surface area contributed by atoms with Gasteiger partial charge in [0.15, 0.2) is 0 Å². The molecule has 2 aliphatic rings. The number of pyridine rings is 1. The van der Waals surface area contributed by atoms with E-state index in [1.807, 2.05) is 30.3 Å². The molecule has 1 aliphatic carbocycles. The van der Waals surface area contributed by atoms with Crippen LogP contribution in [0.15, 0.2) is 84.9 Å². The fourth-order valence-corrected chi connectivity index (χ4v) is 5.33. The first kappa shape index (κ1) is 22.0. The summed E-state index contributed by atoms with van der Waals surface area (Å²) in [6.07, 6.45) is 4.59. The molecule has 0 N–H and O–H groups in total. The zero-order valence-corrected chi connectivity index (χ0v) is 20.1. The Morgan fingerprint density at radius 1 is 0.857 bits per heavy atom. The van der Waals surface area contributed by atoms with Crippen LogP contribution in [0.2, 0.25) is 0 Å². The predicted octanol–water partition coefficient (Wildman–Crippen LogP) is 6.30. The molecule has 1 saturated carbocycles.